The first-order valence-electron chi connectivity index (χ1n) is 9.15. The van der Waals surface area contributed by atoms with E-state index >= 15 is 0 Å². The number of rotatable bonds is 7. The molecule has 2 aromatic rings. The lowest BCUT2D eigenvalue weighted by molar-refractivity contribution is -0.140. The summed E-state index contributed by atoms with van der Waals surface area (Å²) in [5, 5.41) is 11.0. The second kappa shape index (κ2) is 9.24. The fraction of sp³-hybridized carbons (Fsp3) is 0.273. The second-order valence-corrected chi connectivity index (χ2v) is 7.54. The third kappa shape index (κ3) is 4.36. The number of Topliss-reactive ketones (excluding diaryl/α,β-unsaturated/α-hetero) is 1. The molecule has 0 spiro atoms. The van der Waals surface area contributed by atoms with Gasteiger partial charge >= 0.3 is 0 Å². The van der Waals surface area contributed by atoms with Crippen molar-refractivity contribution in [2.75, 3.05) is 27.4 Å². The van der Waals surface area contributed by atoms with Crippen LogP contribution in [0.2, 0.25) is 0 Å². The van der Waals surface area contributed by atoms with Crippen LogP contribution >= 0.6 is 15.9 Å². The zero-order valence-electron chi connectivity index (χ0n) is 16.2. The van der Waals surface area contributed by atoms with Gasteiger partial charge < -0.3 is 19.5 Å². The highest BCUT2D eigenvalue weighted by Gasteiger charge is 2.45. The Morgan fingerprint density at radius 2 is 1.86 bits per heavy atom. The van der Waals surface area contributed by atoms with Crippen LogP contribution in [0.4, 0.5) is 0 Å². The Morgan fingerprint density at radius 3 is 2.52 bits per heavy atom. The summed E-state index contributed by atoms with van der Waals surface area (Å²) in [6.07, 6.45) is 0.572. The van der Waals surface area contributed by atoms with Crippen LogP contribution in [-0.4, -0.2) is 49.1 Å². The van der Waals surface area contributed by atoms with E-state index in [0.717, 1.165) is 4.47 Å². The van der Waals surface area contributed by atoms with Gasteiger partial charge in [0.15, 0.2) is 0 Å². The summed E-state index contributed by atoms with van der Waals surface area (Å²) in [5.41, 5.74) is 1.23. The van der Waals surface area contributed by atoms with Crippen LogP contribution in [-0.2, 0) is 14.3 Å². The number of halogens is 1. The molecule has 1 heterocycles. The van der Waals surface area contributed by atoms with Gasteiger partial charge in [0.2, 0.25) is 0 Å². The summed E-state index contributed by atoms with van der Waals surface area (Å²) in [5.74, 6) is -0.922. The number of ketones is 1. The number of nitrogens with zero attached hydrogens (tertiary/aromatic N) is 1. The van der Waals surface area contributed by atoms with Gasteiger partial charge in [-0.25, -0.2) is 0 Å². The van der Waals surface area contributed by atoms with Gasteiger partial charge in [0, 0.05) is 30.3 Å². The van der Waals surface area contributed by atoms with E-state index in [1.807, 2.05) is 6.07 Å². The molecule has 0 aromatic heterocycles. The van der Waals surface area contributed by atoms with Crippen LogP contribution in [0.1, 0.15) is 23.6 Å². The molecule has 6 nitrogen and oxygen atoms in total. The summed E-state index contributed by atoms with van der Waals surface area (Å²) in [4.78, 5) is 27.2. The van der Waals surface area contributed by atoms with E-state index in [0.29, 0.717) is 36.4 Å². The first kappa shape index (κ1) is 21.1. The van der Waals surface area contributed by atoms with Crippen molar-refractivity contribution in [1.29, 1.82) is 0 Å². The van der Waals surface area contributed by atoms with Crippen molar-refractivity contribution in [2.24, 2.45) is 0 Å². The molecule has 7 heteroatoms. The maximum absolute atomic E-state index is 12.9. The van der Waals surface area contributed by atoms with E-state index in [4.69, 9.17) is 9.47 Å². The molecule has 1 saturated heterocycles. The predicted molar refractivity (Wildman–Crippen MR) is 113 cm³/mol. The third-order valence-corrected chi connectivity index (χ3v) is 5.34. The van der Waals surface area contributed by atoms with Gasteiger partial charge in [-0.05, 0) is 36.2 Å². The molecule has 1 aliphatic heterocycles. The zero-order chi connectivity index (χ0) is 21.0. The second-order valence-electron chi connectivity index (χ2n) is 6.62. The van der Waals surface area contributed by atoms with Crippen LogP contribution in [0.25, 0.3) is 5.76 Å². The maximum atomic E-state index is 12.9. The number of carbonyl (C=O) groups excluding carboxylic acids is 2. The molecule has 0 bridgehead atoms. The Labute approximate surface area is 177 Å². The zero-order valence-corrected chi connectivity index (χ0v) is 17.8. The van der Waals surface area contributed by atoms with E-state index < -0.39 is 17.7 Å². The minimum absolute atomic E-state index is 0.0722. The standard InChI is InChI=1S/C22H22BrNO5/c1-28-12-4-11-24-19(15-5-3-6-17(13-15)29-2)18(21(26)22(24)27)20(25)14-7-9-16(23)10-8-14/h3,5-10,13,19,25H,4,11-12H2,1-2H3/b20-18-. The average Bonchev–Trinajstić information content (AvgIpc) is 2.99. The topological polar surface area (TPSA) is 76.1 Å². The van der Waals surface area contributed by atoms with Gasteiger partial charge in [-0.2, -0.15) is 0 Å². The monoisotopic (exact) mass is 459 g/mol. The molecule has 1 atom stereocenters. The molecule has 0 aliphatic carbocycles. The fourth-order valence-electron chi connectivity index (χ4n) is 3.41. The molecule has 3 rings (SSSR count). The van der Waals surface area contributed by atoms with Crippen molar-refractivity contribution in [3.8, 4) is 5.75 Å². The molecule has 0 radical (unpaired) electrons. The molecular formula is C22H22BrNO5. The van der Waals surface area contributed by atoms with E-state index in [9.17, 15) is 14.7 Å². The highest BCUT2D eigenvalue weighted by atomic mass is 79.9. The first-order chi connectivity index (χ1) is 14.0. The normalized spacial score (nSPS) is 18.3. The molecule has 1 unspecified atom stereocenters. The molecule has 1 N–H and O–H groups in total. The van der Waals surface area contributed by atoms with E-state index in [1.54, 1.807) is 56.7 Å². The Bertz CT molecular complexity index is 938. The summed E-state index contributed by atoms with van der Waals surface area (Å²) in [6.45, 7) is 0.790. The van der Waals surface area contributed by atoms with E-state index in [2.05, 4.69) is 15.9 Å². The largest absolute Gasteiger partial charge is 0.507 e. The van der Waals surface area contributed by atoms with Gasteiger partial charge in [0.1, 0.15) is 11.5 Å². The molecule has 1 amide bonds. The summed E-state index contributed by atoms with van der Waals surface area (Å²) < 4.78 is 11.2. The Hall–Kier alpha value is -2.64. The van der Waals surface area contributed by atoms with Crippen LogP contribution in [0.15, 0.2) is 58.6 Å². The molecular weight excluding hydrogens is 438 g/mol. The van der Waals surface area contributed by atoms with Gasteiger partial charge in [-0.1, -0.05) is 40.2 Å². The highest BCUT2D eigenvalue weighted by Crippen LogP contribution is 2.40. The predicted octanol–water partition coefficient (Wildman–Crippen LogP) is 3.92. The van der Waals surface area contributed by atoms with Crippen LogP contribution < -0.4 is 4.74 Å². The Balaban J connectivity index is 2.12. The lowest BCUT2D eigenvalue weighted by Crippen LogP contribution is -2.31. The molecule has 1 fully saturated rings. The van der Waals surface area contributed by atoms with Gasteiger partial charge in [-0.15, -0.1) is 0 Å². The Kier molecular flexibility index (Phi) is 6.71. The number of hydrogen-bond acceptors (Lipinski definition) is 5. The maximum Gasteiger partial charge on any atom is 0.295 e. The number of aliphatic hydroxyl groups excluding tert-OH is 1. The van der Waals surface area contributed by atoms with Crippen LogP contribution in [0.5, 0.6) is 5.75 Å². The summed E-state index contributed by atoms with van der Waals surface area (Å²) >= 11 is 3.36. The average molecular weight is 460 g/mol. The minimum atomic E-state index is -0.703. The van der Waals surface area contributed by atoms with Crippen LogP contribution in [0.3, 0.4) is 0 Å². The lowest BCUT2D eigenvalue weighted by Gasteiger charge is -2.25. The molecule has 152 valence electrons. The van der Waals surface area contributed by atoms with Crippen molar-refractivity contribution in [3.63, 3.8) is 0 Å². The molecule has 2 aromatic carbocycles. The number of hydrogen-bond donors (Lipinski definition) is 1. The number of likely N-dealkylation sites (tertiary alicyclic amines) is 1. The van der Waals surface area contributed by atoms with Crippen molar-refractivity contribution >= 4 is 33.4 Å². The van der Waals surface area contributed by atoms with Gasteiger partial charge in [0.25, 0.3) is 11.7 Å². The highest BCUT2D eigenvalue weighted by molar-refractivity contribution is 9.10. The first-order valence-corrected chi connectivity index (χ1v) is 9.94. The van der Waals surface area contributed by atoms with Gasteiger partial charge in [0.05, 0.1) is 18.7 Å². The van der Waals surface area contributed by atoms with Crippen molar-refractivity contribution < 1.29 is 24.2 Å². The summed E-state index contributed by atoms with van der Waals surface area (Å²) in [6, 6.07) is 13.4. The van der Waals surface area contributed by atoms with Crippen molar-refractivity contribution in [1.82, 2.24) is 4.90 Å². The quantitative estimate of drug-likeness (QED) is 0.294. The number of aliphatic hydroxyl groups is 1. The summed E-state index contributed by atoms with van der Waals surface area (Å²) in [7, 11) is 3.14. The van der Waals surface area contributed by atoms with Crippen LogP contribution in [0, 0.1) is 0 Å². The smallest absolute Gasteiger partial charge is 0.295 e. The number of amides is 1. The Morgan fingerprint density at radius 1 is 1.14 bits per heavy atom. The van der Waals surface area contributed by atoms with Crippen molar-refractivity contribution in [2.45, 2.75) is 12.5 Å². The third-order valence-electron chi connectivity index (χ3n) is 4.81. The number of benzene rings is 2. The lowest BCUT2D eigenvalue weighted by atomic mass is 9.95. The van der Waals surface area contributed by atoms with Gasteiger partial charge in [-0.3, -0.25) is 9.59 Å². The molecule has 1 aliphatic rings. The fourth-order valence-corrected chi connectivity index (χ4v) is 3.68. The number of ether oxygens (including phenoxy) is 2. The minimum Gasteiger partial charge on any atom is -0.507 e. The van der Waals surface area contributed by atoms with E-state index in [1.165, 1.54) is 4.90 Å². The number of carbonyl (C=O) groups is 2. The number of methoxy groups -OCH3 is 2. The SMILES string of the molecule is COCCCN1C(=O)C(=O)/C(=C(\O)c2ccc(Br)cc2)C1c1cccc(OC)c1. The van der Waals surface area contributed by atoms with Crippen molar-refractivity contribution in [3.05, 3.63) is 69.7 Å². The van der Waals surface area contributed by atoms with E-state index in [-0.39, 0.29) is 11.3 Å². The molecule has 29 heavy (non-hydrogen) atoms. The molecule has 0 saturated carbocycles.